The molecule has 4 rings (SSSR count). The summed E-state index contributed by atoms with van der Waals surface area (Å²) in [5.41, 5.74) is 1.61. The van der Waals surface area contributed by atoms with E-state index in [1.54, 1.807) is 24.3 Å². The Morgan fingerprint density at radius 1 is 1.04 bits per heavy atom. The smallest absolute Gasteiger partial charge is 0.254 e. The van der Waals surface area contributed by atoms with E-state index in [0.29, 0.717) is 22.7 Å². The van der Waals surface area contributed by atoms with Crippen LogP contribution < -0.4 is 5.32 Å². The van der Waals surface area contributed by atoms with E-state index in [4.69, 9.17) is 11.6 Å². The van der Waals surface area contributed by atoms with Crippen molar-refractivity contribution in [1.82, 2.24) is 25.1 Å². The van der Waals surface area contributed by atoms with Gasteiger partial charge >= 0.3 is 0 Å². The van der Waals surface area contributed by atoms with E-state index in [-0.39, 0.29) is 22.9 Å². The molecular weight excluding hydrogens is 388 g/mol. The van der Waals surface area contributed by atoms with Gasteiger partial charge in [-0.25, -0.2) is 8.78 Å². The molecular formula is C19H12ClF2N5O. The fraction of sp³-hybridized carbons (Fsp3) is 0.0526. The van der Waals surface area contributed by atoms with Crippen LogP contribution in [0.25, 0.3) is 16.9 Å². The monoisotopic (exact) mass is 399 g/mol. The summed E-state index contributed by atoms with van der Waals surface area (Å²) in [6.07, 6.45) is 0. The zero-order valence-electron chi connectivity index (χ0n) is 14.2. The molecule has 4 aromatic rings. The molecule has 0 saturated heterocycles. The lowest BCUT2D eigenvalue weighted by Crippen LogP contribution is -2.25. The van der Waals surface area contributed by atoms with Gasteiger partial charge in [-0.2, -0.15) is 9.61 Å². The van der Waals surface area contributed by atoms with E-state index in [2.05, 4.69) is 20.6 Å². The van der Waals surface area contributed by atoms with Crippen molar-refractivity contribution in [3.05, 3.63) is 82.6 Å². The second-order valence-corrected chi connectivity index (χ2v) is 6.35. The number of carbonyl (C=O) groups is 1. The summed E-state index contributed by atoms with van der Waals surface area (Å²) in [6.45, 7) is -0.0220. The van der Waals surface area contributed by atoms with Crippen molar-refractivity contribution in [2.75, 3.05) is 0 Å². The molecule has 0 atom stereocenters. The van der Waals surface area contributed by atoms with Crippen LogP contribution in [0.3, 0.4) is 0 Å². The number of amides is 1. The Hall–Kier alpha value is -3.39. The van der Waals surface area contributed by atoms with Gasteiger partial charge in [0.05, 0.1) is 17.8 Å². The Morgan fingerprint density at radius 2 is 1.82 bits per heavy atom. The molecule has 0 spiro atoms. The van der Waals surface area contributed by atoms with Gasteiger partial charge in [0.2, 0.25) is 0 Å². The molecule has 9 heteroatoms. The molecule has 0 aliphatic carbocycles. The van der Waals surface area contributed by atoms with Crippen molar-refractivity contribution >= 4 is 23.2 Å². The minimum Gasteiger partial charge on any atom is -0.345 e. The average Bonchev–Trinajstić information content (AvgIpc) is 3.11. The van der Waals surface area contributed by atoms with E-state index in [9.17, 15) is 13.6 Å². The number of benzene rings is 2. The largest absolute Gasteiger partial charge is 0.345 e. The molecule has 2 aromatic heterocycles. The Labute approximate surface area is 162 Å². The topological polar surface area (TPSA) is 72.2 Å². The van der Waals surface area contributed by atoms with Crippen LogP contribution in [0.2, 0.25) is 5.02 Å². The van der Waals surface area contributed by atoms with Gasteiger partial charge in [0.25, 0.3) is 5.91 Å². The number of fused-ring (bicyclic) bond motifs is 1. The van der Waals surface area contributed by atoms with Gasteiger partial charge in [0.1, 0.15) is 11.6 Å². The van der Waals surface area contributed by atoms with Gasteiger partial charge in [0.15, 0.2) is 11.5 Å². The standard InChI is InChI=1S/C19H12ClF2N5O/c20-12-3-6-15(22)14(9-12)19(28)23-10-18-25-24-17-8-7-16(26-27(17)18)11-1-4-13(21)5-2-11/h1-9H,10H2,(H,23,28). The van der Waals surface area contributed by atoms with Crippen LogP contribution in [0.15, 0.2) is 54.6 Å². The lowest BCUT2D eigenvalue weighted by molar-refractivity contribution is 0.0945. The van der Waals surface area contributed by atoms with E-state index < -0.39 is 11.7 Å². The second kappa shape index (κ2) is 7.32. The van der Waals surface area contributed by atoms with Crippen LogP contribution in [0, 0.1) is 11.6 Å². The first-order chi connectivity index (χ1) is 13.5. The van der Waals surface area contributed by atoms with Crippen molar-refractivity contribution in [3.8, 4) is 11.3 Å². The normalized spacial score (nSPS) is 11.0. The van der Waals surface area contributed by atoms with Gasteiger partial charge in [-0.1, -0.05) is 11.6 Å². The molecule has 28 heavy (non-hydrogen) atoms. The summed E-state index contributed by atoms with van der Waals surface area (Å²) < 4.78 is 28.4. The first-order valence-corrected chi connectivity index (χ1v) is 8.59. The lowest BCUT2D eigenvalue weighted by atomic mass is 10.1. The van der Waals surface area contributed by atoms with Crippen LogP contribution in [-0.2, 0) is 6.54 Å². The number of nitrogens with zero attached hydrogens (tertiary/aromatic N) is 4. The molecule has 0 bridgehead atoms. The van der Waals surface area contributed by atoms with Crippen LogP contribution in [-0.4, -0.2) is 25.7 Å². The fourth-order valence-corrected chi connectivity index (χ4v) is 2.82. The quantitative estimate of drug-likeness (QED) is 0.568. The Morgan fingerprint density at radius 3 is 2.61 bits per heavy atom. The molecule has 0 fully saturated rings. The molecule has 0 aliphatic rings. The summed E-state index contributed by atoms with van der Waals surface area (Å²) in [7, 11) is 0. The highest BCUT2D eigenvalue weighted by Crippen LogP contribution is 2.18. The number of nitrogens with one attached hydrogen (secondary N) is 1. The van der Waals surface area contributed by atoms with Crippen LogP contribution in [0.4, 0.5) is 8.78 Å². The number of carbonyl (C=O) groups excluding carboxylic acids is 1. The van der Waals surface area contributed by atoms with Crippen LogP contribution >= 0.6 is 11.6 Å². The van der Waals surface area contributed by atoms with E-state index >= 15 is 0 Å². The minimum atomic E-state index is -0.676. The number of hydrogen-bond acceptors (Lipinski definition) is 4. The van der Waals surface area contributed by atoms with Gasteiger partial charge in [-0.05, 0) is 54.6 Å². The predicted molar refractivity (Wildman–Crippen MR) is 98.8 cm³/mol. The molecule has 140 valence electrons. The van der Waals surface area contributed by atoms with Gasteiger partial charge in [0, 0.05) is 10.6 Å². The SMILES string of the molecule is O=C(NCc1nnc2ccc(-c3ccc(F)cc3)nn12)c1cc(Cl)ccc1F. The van der Waals surface area contributed by atoms with Crippen molar-refractivity contribution in [3.63, 3.8) is 0 Å². The van der Waals surface area contributed by atoms with Crippen LogP contribution in [0.1, 0.15) is 16.2 Å². The van der Waals surface area contributed by atoms with Gasteiger partial charge < -0.3 is 5.32 Å². The van der Waals surface area contributed by atoms with E-state index in [1.165, 1.54) is 28.8 Å². The summed E-state index contributed by atoms with van der Waals surface area (Å²) in [6, 6.07) is 13.1. The molecule has 6 nitrogen and oxygen atoms in total. The highest BCUT2D eigenvalue weighted by molar-refractivity contribution is 6.31. The molecule has 2 aromatic carbocycles. The van der Waals surface area contributed by atoms with Crippen molar-refractivity contribution in [2.45, 2.75) is 6.54 Å². The summed E-state index contributed by atoms with van der Waals surface area (Å²) in [4.78, 5) is 12.2. The third-order valence-corrected chi connectivity index (χ3v) is 4.28. The molecule has 0 saturated carbocycles. The molecule has 1 amide bonds. The summed E-state index contributed by atoms with van der Waals surface area (Å²) in [5, 5.41) is 15.3. The van der Waals surface area contributed by atoms with Gasteiger partial charge in [-0.15, -0.1) is 10.2 Å². The predicted octanol–water partition coefficient (Wildman–Crippen LogP) is 3.65. The van der Waals surface area contributed by atoms with Gasteiger partial charge in [-0.3, -0.25) is 4.79 Å². The molecule has 0 unspecified atom stereocenters. The lowest BCUT2D eigenvalue weighted by Gasteiger charge is -2.06. The second-order valence-electron chi connectivity index (χ2n) is 5.92. The maximum Gasteiger partial charge on any atom is 0.254 e. The third-order valence-electron chi connectivity index (χ3n) is 4.05. The maximum absolute atomic E-state index is 13.8. The number of halogens is 3. The highest BCUT2D eigenvalue weighted by atomic mass is 35.5. The molecule has 2 heterocycles. The number of aromatic nitrogens is 4. The van der Waals surface area contributed by atoms with Crippen molar-refractivity contribution < 1.29 is 13.6 Å². The average molecular weight is 400 g/mol. The van der Waals surface area contributed by atoms with Crippen LogP contribution in [0.5, 0.6) is 0 Å². The first-order valence-electron chi connectivity index (χ1n) is 8.22. The van der Waals surface area contributed by atoms with Crippen molar-refractivity contribution in [2.24, 2.45) is 0 Å². The number of rotatable bonds is 4. The first kappa shape index (κ1) is 18.0. The fourth-order valence-electron chi connectivity index (χ4n) is 2.64. The highest BCUT2D eigenvalue weighted by Gasteiger charge is 2.14. The Balaban J connectivity index is 1.59. The maximum atomic E-state index is 13.8. The van der Waals surface area contributed by atoms with E-state index in [0.717, 1.165) is 6.07 Å². The van der Waals surface area contributed by atoms with Crippen molar-refractivity contribution in [1.29, 1.82) is 0 Å². The molecule has 0 aliphatic heterocycles. The Bertz CT molecular complexity index is 1180. The Kier molecular flexibility index (Phi) is 4.70. The third kappa shape index (κ3) is 3.54. The number of hydrogen-bond donors (Lipinski definition) is 1. The summed E-state index contributed by atoms with van der Waals surface area (Å²) in [5.74, 6) is -1.29. The molecule has 1 N–H and O–H groups in total. The zero-order valence-corrected chi connectivity index (χ0v) is 15.0. The summed E-state index contributed by atoms with van der Waals surface area (Å²) >= 11 is 5.82. The zero-order chi connectivity index (χ0) is 19.7. The molecule has 0 radical (unpaired) electrons. The van der Waals surface area contributed by atoms with E-state index in [1.807, 2.05) is 0 Å². The minimum absolute atomic E-state index is 0.0220.